The van der Waals surface area contributed by atoms with E-state index >= 15 is 0 Å². The molecular formula is C12H18O2. The highest BCUT2D eigenvalue weighted by Crippen LogP contribution is 2.09. The molecule has 0 saturated heterocycles. The standard InChI is InChI=1S/C12H18O2/c1-2-3-4-5-6-7-8-11-9-10-14-12(11)13/h7-9H,2-6,10H2,1H3/b8-7+. The van der Waals surface area contributed by atoms with Crippen molar-refractivity contribution >= 4 is 5.97 Å². The molecule has 1 rings (SSSR count). The predicted octanol–water partition coefficient (Wildman–Crippen LogP) is 3.00. The van der Waals surface area contributed by atoms with Crippen LogP contribution >= 0.6 is 0 Å². The van der Waals surface area contributed by atoms with Gasteiger partial charge in [-0.15, -0.1) is 0 Å². The first-order valence-electron chi connectivity index (χ1n) is 5.38. The zero-order valence-electron chi connectivity index (χ0n) is 8.79. The van der Waals surface area contributed by atoms with Gasteiger partial charge in [0.1, 0.15) is 6.61 Å². The molecule has 1 aliphatic rings. The maximum Gasteiger partial charge on any atom is 0.338 e. The van der Waals surface area contributed by atoms with Crippen LogP contribution < -0.4 is 0 Å². The number of hydrogen-bond donors (Lipinski definition) is 0. The first-order chi connectivity index (χ1) is 6.84. The summed E-state index contributed by atoms with van der Waals surface area (Å²) in [4.78, 5) is 11.0. The Morgan fingerprint density at radius 1 is 1.43 bits per heavy atom. The Hall–Kier alpha value is -1.05. The number of carbonyl (C=O) groups is 1. The number of carbonyl (C=O) groups excluding carboxylic acids is 1. The van der Waals surface area contributed by atoms with Crippen molar-refractivity contribution in [2.24, 2.45) is 0 Å². The molecule has 0 aromatic rings. The lowest BCUT2D eigenvalue weighted by Crippen LogP contribution is -1.96. The van der Waals surface area contributed by atoms with Crippen molar-refractivity contribution in [1.29, 1.82) is 0 Å². The third-order valence-electron chi connectivity index (χ3n) is 2.28. The number of ether oxygens (including phenoxy) is 1. The highest BCUT2D eigenvalue weighted by Gasteiger charge is 2.12. The quantitative estimate of drug-likeness (QED) is 0.480. The van der Waals surface area contributed by atoms with E-state index in [1.807, 2.05) is 12.2 Å². The summed E-state index contributed by atoms with van der Waals surface area (Å²) < 4.78 is 4.78. The first kappa shape index (κ1) is 11.0. The van der Waals surface area contributed by atoms with Gasteiger partial charge in [0.2, 0.25) is 0 Å². The van der Waals surface area contributed by atoms with E-state index in [-0.39, 0.29) is 5.97 Å². The molecule has 0 amide bonds. The third-order valence-corrected chi connectivity index (χ3v) is 2.28. The Morgan fingerprint density at radius 3 is 2.93 bits per heavy atom. The summed E-state index contributed by atoms with van der Waals surface area (Å²) >= 11 is 0. The minimum Gasteiger partial charge on any atom is -0.458 e. The number of hydrogen-bond acceptors (Lipinski definition) is 2. The molecule has 1 heterocycles. The topological polar surface area (TPSA) is 26.3 Å². The molecule has 0 unspecified atom stereocenters. The molecule has 2 nitrogen and oxygen atoms in total. The second-order valence-corrected chi connectivity index (χ2v) is 3.51. The van der Waals surface area contributed by atoms with Gasteiger partial charge in [0, 0.05) is 0 Å². The molecule has 0 aliphatic carbocycles. The molecule has 0 bridgehead atoms. The van der Waals surface area contributed by atoms with Gasteiger partial charge in [0.25, 0.3) is 0 Å². The van der Waals surface area contributed by atoms with Gasteiger partial charge >= 0.3 is 5.97 Å². The molecule has 0 N–H and O–H groups in total. The zero-order valence-corrected chi connectivity index (χ0v) is 8.79. The average molecular weight is 194 g/mol. The molecule has 1 aliphatic heterocycles. The SMILES string of the molecule is CCCCCC/C=C/C1=CCOC1=O. The van der Waals surface area contributed by atoms with Crippen molar-refractivity contribution in [3.63, 3.8) is 0 Å². The Balaban J connectivity index is 2.11. The minimum atomic E-state index is -0.185. The second kappa shape index (κ2) is 6.41. The minimum absolute atomic E-state index is 0.185. The van der Waals surface area contributed by atoms with Crippen LogP contribution in [0, 0.1) is 0 Å². The molecule has 2 heteroatoms. The van der Waals surface area contributed by atoms with E-state index in [0.29, 0.717) is 12.2 Å². The van der Waals surface area contributed by atoms with Crippen LogP contribution in [0.25, 0.3) is 0 Å². The van der Waals surface area contributed by atoms with Crippen molar-refractivity contribution in [3.8, 4) is 0 Å². The smallest absolute Gasteiger partial charge is 0.338 e. The maximum atomic E-state index is 11.0. The molecule has 0 fully saturated rings. The van der Waals surface area contributed by atoms with Gasteiger partial charge in [0.05, 0.1) is 5.57 Å². The third kappa shape index (κ3) is 3.77. The summed E-state index contributed by atoms with van der Waals surface area (Å²) in [5.74, 6) is -0.185. The van der Waals surface area contributed by atoms with Crippen LogP contribution in [0.1, 0.15) is 39.0 Å². The summed E-state index contributed by atoms with van der Waals surface area (Å²) in [6, 6.07) is 0. The van der Waals surface area contributed by atoms with E-state index in [1.165, 1.54) is 25.7 Å². The summed E-state index contributed by atoms with van der Waals surface area (Å²) in [5, 5.41) is 0. The maximum absolute atomic E-state index is 11.0. The molecule has 0 aromatic carbocycles. The van der Waals surface area contributed by atoms with Crippen molar-refractivity contribution in [2.75, 3.05) is 6.61 Å². The van der Waals surface area contributed by atoms with E-state index < -0.39 is 0 Å². The Labute approximate surface area is 85.6 Å². The van der Waals surface area contributed by atoms with E-state index in [4.69, 9.17) is 4.74 Å². The number of esters is 1. The molecule has 78 valence electrons. The second-order valence-electron chi connectivity index (χ2n) is 3.51. The highest BCUT2D eigenvalue weighted by atomic mass is 16.5. The Bertz CT molecular complexity index is 239. The van der Waals surface area contributed by atoms with E-state index in [9.17, 15) is 4.79 Å². The fourth-order valence-electron chi connectivity index (χ4n) is 1.41. The summed E-state index contributed by atoms with van der Waals surface area (Å²) in [5.41, 5.74) is 0.709. The molecule has 0 atom stereocenters. The van der Waals surface area contributed by atoms with E-state index in [0.717, 1.165) is 6.42 Å². The Morgan fingerprint density at radius 2 is 2.29 bits per heavy atom. The van der Waals surface area contributed by atoms with Gasteiger partial charge in [0.15, 0.2) is 0 Å². The number of allylic oxidation sites excluding steroid dienone is 1. The van der Waals surface area contributed by atoms with Gasteiger partial charge < -0.3 is 4.74 Å². The monoisotopic (exact) mass is 194 g/mol. The van der Waals surface area contributed by atoms with Gasteiger partial charge in [-0.3, -0.25) is 0 Å². The number of unbranched alkanes of at least 4 members (excludes halogenated alkanes) is 4. The van der Waals surface area contributed by atoms with Gasteiger partial charge in [-0.25, -0.2) is 4.79 Å². The summed E-state index contributed by atoms with van der Waals surface area (Å²) in [6.07, 6.45) is 11.9. The van der Waals surface area contributed by atoms with Gasteiger partial charge in [-0.2, -0.15) is 0 Å². The van der Waals surface area contributed by atoms with Crippen molar-refractivity contribution in [3.05, 3.63) is 23.8 Å². The largest absolute Gasteiger partial charge is 0.458 e. The normalized spacial score (nSPS) is 16.1. The molecule has 0 saturated carbocycles. The van der Waals surface area contributed by atoms with Crippen LogP contribution in [0.3, 0.4) is 0 Å². The van der Waals surface area contributed by atoms with Gasteiger partial charge in [-0.1, -0.05) is 38.3 Å². The van der Waals surface area contributed by atoms with Crippen LogP contribution in [0.4, 0.5) is 0 Å². The van der Waals surface area contributed by atoms with Gasteiger partial charge in [-0.05, 0) is 18.9 Å². The number of rotatable bonds is 6. The van der Waals surface area contributed by atoms with E-state index in [1.54, 1.807) is 0 Å². The lowest BCUT2D eigenvalue weighted by Gasteiger charge is -1.94. The summed E-state index contributed by atoms with van der Waals surface area (Å²) in [7, 11) is 0. The van der Waals surface area contributed by atoms with E-state index in [2.05, 4.69) is 13.0 Å². The van der Waals surface area contributed by atoms with Crippen LogP contribution in [-0.4, -0.2) is 12.6 Å². The fourth-order valence-corrected chi connectivity index (χ4v) is 1.41. The van der Waals surface area contributed by atoms with Crippen LogP contribution in [0.2, 0.25) is 0 Å². The predicted molar refractivity (Wildman–Crippen MR) is 56.9 cm³/mol. The molecule has 0 radical (unpaired) electrons. The summed E-state index contributed by atoms with van der Waals surface area (Å²) in [6.45, 7) is 2.64. The lowest BCUT2D eigenvalue weighted by atomic mass is 10.1. The molecule has 0 spiro atoms. The molecular weight excluding hydrogens is 176 g/mol. The van der Waals surface area contributed by atoms with Crippen LogP contribution in [0.5, 0.6) is 0 Å². The molecule has 14 heavy (non-hydrogen) atoms. The van der Waals surface area contributed by atoms with Crippen LogP contribution in [0.15, 0.2) is 23.8 Å². The Kier molecular flexibility index (Phi) is 5.05. The van der Waals surface area contributed by atoms with Crippen LogP contribution in [-0.2, 0) is 9.53 Å². The van der Waals surface area contributed by atoms with Crippen molar-refractivity contribution in [1.82, 2.24) is 0 Å². The average Bonchev–Trinajstić information content (AvgIpc) is 2.58. The van der Waals surface area contributed by atoms with Crippen molar-refractivity contribution < 1.29 is 9.53 Å². The highest BCUT2D eigenvalue weighted by molar-refractivity contribution is 5.93. The fraction of sp³-hybridized carbons (Fsp3) is 0.583. The molecule has 0 aromatic heterocycles. The van der Waals surface area contributed by atoms with Crippen molar-refractivity contribution in [2.45, 2.75) is 39.0 Å². The lowest BCUT2D eigenvalue weighted by molar-refractivity contribution is -0.135. The zero-order chi connectivity index (χ0) is 10.2. The first-order valence-corrected chi connectivity index (χ1v) is 5.38. The number of cyclic esters (lactones) is 1.